The maximum absolute atomic E-state index is 4.13. The molecule has 0 aliphatic heterocycles. The molecule has 0 unspecified atom stereocenters. The highest BCUT2D eigenvalue weighted by molar-refractivity contribution is 5.47. The summed E-state index contributed by atoms with van der Waals surface area (Å²) in [5, 5.41) is 7.09. The van der Waals surface area contributed by atoms with E-state index in [1.54, 1.807) is 16.9 Å². The van der Waals surface area contributed by atoms with Gasteiger partial charge in [-0.05, 0) is 12.1 Å². The lowest BCUT2D eigenvalue weighted by Crippen LogP contribution is -1.96. The van der Waals surface area contributed by atoms with Gasteiger partial charge < -0.3 is 5.32 Å². The molecule has 4 nitrogen and oxygen atoms in total. The van der Waals surface area contributed by atoms with Gasteiger partial charge in [0.25, 0.3) is 0 Å². The molecule has 0 fully saturated rings. The van der Waals surface area contributed by atoms with E-state index in [-0.39, 0.29) is 0 Å². The number of fused-ring (bicyclic) bond motifs is 1. The third kappa shape index (κ3) is 1.77. The second-order valence-corrected chi connectivity index (χ2v) is 2.19. The lowest BCUT2D eigenvalue weighted by molar-refractivity contribution is 0.939. The van der Waals surface area contributed by atoms with Crippen LogP contribution in [0.2, 0.25) is 0 Å². The van der Waals surface area contributed by atoms with Gasteiger partial charge in [0, 0.05) is 13.2 Å². The van der Waals surface area contributed by atoms with Crippen molar-refractivity contribution in [1.29, 1.82) is 0 Å². The first-order chi connectivity index (χ1) is 6.42. The summed E-state index contributed by atoms with van der Waals surface area (Å²) in [6.07, 6.45) is 3.48. The van der Waals surface area contributed by atoms with Crippen LogP contribution in [0.25, 0.3) is 5.65 Å². The second-order valence-electron chi connectivity index (χ2n) is 2.19. The SMILES string of the molecule is CC.CNc1cnc2cccnn12. The van der Waals surface area contributed by atoms with E-state index in [2.05, 4.69) is 15.4 Å². The van der Waals surface area contributed by atoms with Crippen molar-refractivity contribution in [1.82, 2.24) is 14.6 Å². The van der Waals surface area contributed by atoms with Crippen molar-refractivity contribution < 1.29 is 0 Å². The molecule has 13 heavy (non-hydrogen) atoms. The Kier molecular flexibility index (Phi) is 3.25. The van der Waals surface area contributed by atoms with Gasteiger partial charge >= 0.3 is 0 Å². The molecular weight excluding hydrogens is 164 g/mol. The van der Waals surface area contributed by atoms with Crippen LogP contribution in [0.3, 0.4) is 0 Å². The maximum Gasteiger partial charge on any atom is 0.155 e. The molecule has 0 bridgehead atoms. The van der Waals surface area contributed by atoms with E-state index in [9.17, 15) is 0 Å². The van der Waals surface area contributed by atoms with Crippen molar-refractivity contribution in [3.63, 3.8) is 0 Å². The largest absolute Gasteiger partial charge is 0.372 e. The molecule has 0 aliphatic carbocycles. The molecule has 0 amide bonds. The molecule has 2 rings (SSSR count). The van der Waals surface area contributed by atoms with E-state index in [4.69, 9.17) is 0 Å². The Balaban J connectivity index is 0.000000396. The van der Waals surface area contributed by atoms with Gasteiger partial charge in [0.1, 0.15) is 5.82 Å². The van der Waals surface area contributed by atoms with Crippen molar-refractivity contribution >= 4 is 11.5 Å². The Morgan fingerprint density at radius 2 is 2.15 bits per heavy atom. The molecule has 0 spiro atoms. The second kappa shape index (κ2) is 4.45. The Morgan fingerprint density at radius 3 is 2.85 bits per heavy atom. The average molecular weight is 178 g/mol. The summed E-state index contributed by atoms with van der Waals surface area (Å²) in [5.74, 6) is 0.903. The lowest BCUT2D eigenvalue weighted by atomic mass is 10.6. The minimum Gasteiger partial charge on any atom is -0.372 e. The number of rotatable bonds is 1. The number of nitrogens with one attached hydrogen (secondary N) is 1. The zero-order chi connectivity index (χ0) is 9.68. The lowest BCUT2D eigenvalue weighted by Gasteiger charge is -1.95. The highest BCUT2D eigenvalue weighted by Crippen LogP contribution is 2.06. The number of anilines is 1. The van der Waals surface area contributed by atoms with E-state index < -0.39 is 0 Å². The molecule has 0 saturated carbocycles. The molecule has 0 saturated heterocycles. The van der Waals surface area contributed by atoms with Crippen molar-refractivity contribution in [3.8, 4) is 0 Å². The van der Waals surface area contributed by atoms with E-state index in [1.165, 1.54) is 0 Å². The zero-order valence-corrected chi connectivity index (χ0v) is 8.15. The molecule has 1 N–H and O–H groups in total. The summed E-state index contributed by atoms with van der Waals surface area (Å²) in [6, 6.07) is 3.77. The third-order valence-corrected chi connectivity index (χ3v) is 1.53. The minimum atomic E-state index is 0.858. The minimum absolute atomic E-state index is 0.858. The highest BCUT2D eigenvalue weighted by Gasteiger charge is 1.98. The summed E-state index contributed by atoms with van der Waals surface area (Å²) in [7, 11) is 1.85. The fraction of sp³-hybridized carbons (Fsp3) is 0.333. The molecular formula is C9H14N4. The van der Waals surface area contributed by atoms with E-state index in [0.717, 1.165) is 11.5 Å². The molecule has 0 aromatic carbocycles. The first-order valence-corrected chi connectivity index (χ1v) is 4.38. The predicted molar refractivity (Wildman–Crippen MR) is 53.9 cm³/mol. The van der Waals surface area contributed by atoms with Crippen LogP contribution in [-0.4, -0.2) is 21.6 Å². The fourth-order valence-electron chi connectivity index (χ4n) is 1.000. The number of imidazole rings is 1. The molecule has 0 aliphatic rings. The van der Waals surface area contributed by atoms with Gasteiger partial charge in [-0.3, -0.25) is 0 Å². The molecule has 2 heterocycles. The van der Waals surface area contributed by atoms with Crippen LogP contribution in [0.15, 0.2) is 24.5 Å². The number of aromatic nitrogens is 3. The summed E-state index contributed by atoms with van der Waals surface area (Å²) >= 11 is 0. The standard InChI is InChI=1S/C7H8N4.C2H6/c1-8-7-5-9-6-3-2-4-10-11(6)7;1-2/h2-5,8H,1H3;1-2H3. The Hall–Kier alpha value is -1.58. The Labute approximate surface area is 77.6 Å². The number of hydrogen-bond donors (Lipinski definition) is 1. The van der Waals surface area contributed by atoms with Gasteiger partial charge in [-0.15, -0.1) is 0 Å². The quantitative estimate of drug-likeness (QED) is 0.724. The summed E-state index contributed by atoms with van der Waals surface area (Å²) in [6.45, 7) is 4.00. The topological polar surface area (TPSA) is 42.2 Å². The molecule has 70 valence electrons. The van der Waals surface area contributed by atoms with Crippen molar-refractivity contribution in [2.45, 2.75) is 13.8 Å². The molecule has 0 radical (unpaired) electrons. The van der Waals surface area contributed by atoms with Gasteiger partial charge in [0.2, 0.25) is 0 Å². The predicted octanol–water partition coefficient (Wildman–Crippen LogP) is 1.80. The zero-order valence-electron chi connectivity index (χ0n) is 8.15. The van der Waals surface area contributed by atoms with Crippen LogP contribution in [0, 0.1) is 0 Å². The number of nitrogens with zero attached hydrogens (tertiary/aromatic N) is 3. The summed E-state index contributed by atoms with van der Waals surface area (Å²) < 4.78 is 1.75. The third-order valence-electron chi connectivity index (χ3n) is 1.53. The monoisotopic (exact) mass is 178 g/mol. The van der Waals surface area contributed by atoms with Crippen molar-refractivity contribution in [2.24, 2.45) is 0 Å². The van der Waals surface area contributed by atoms with Gasteiger partial charge in [0.15, 0.2) is 5.65 Å². The summed E-state index contributed by atoms with van der Waals surface area (Å²) in [4.78, 5) is 4.13. The van der Waals surface area contributed by atoms with Crippen LogP contribution in [0.4, 0.5) is 5.82 Å². The van der Waals surface area contributed by atoms with Crippen LogP contribution in [-0.2, 0) is 0 Å². The first kappa shape index (κ1) is 9.51. The van der Waals surface area contributed by atoms with Crippen LogP contribution in [0.1, 0.15) is 13.8 Å². The first-order valence-electron chi connectivity index (χ1n) is 4.38. The van der Waals surface area contributed by atoms with Gasteiger partial charge in [0.05, 0.1) is 6.20 Å². The van der Waals surface area contributed by atoms with Crippen LogP contribution >= 0.6 is 0 Å². The highest BCUT2D eigenvalue weighted by atomic mass is 15.3. The van der Waals surface area contributed by atoms with Crippen molar-refractivity contribution in [3.05, 3.63) is 24.5 Å². The Bertz CT molecular complexity index is 366. The van der Waals surface area contributed by atoms with E-state index in [0.29, 0.717) is 0 Å². The maximum atomic E-state index is 4.13. The fourth-order valence-corrected chi connectivity index (χ4v) is 1.000. The smallest absolute Gasteiger partial charge is 0.155 e. The van der Waals surface area contributed by atoms with Gasteiger partial charge in [-0.25, -0.2) is 4.98 Å². The van der Waals surface area contributed by atoms with Crippen LogP contribution < -0.4 is 5.32 Å². The molecule has 2 aromatic rings. The number of hydrogen-bond acceptors (Lipinski definition) is 3. The van der Waals surface area contributed by atoms with Crippen molar-refractivity contribution in [2.75, 3.05) is 12.4 Å². The van der Waals surface area contributed by atoms with Gasteiger partial charge in [-0.1, -0.05) is 13.8 Å². The molecule has 4 heteroatoms. The van der Waals surface area contributed by atoms with E-state index >= 15 is 0 Å². The summed E-state index contributed by atoms with van der Waals surface area (Å²) in [5.41, 5.74) is 0.858. The molecule has 0 atom stereocenters. The van der Waals surface area contributed by atoms with E-state index in [1.807, 2.05) is 33.0 Å². The molecule has 2 aromatic heterocycles. The normalized spacial score (nSPS) is 9.15. The Morgan fingerprint density at radius 1 is 1.38 bits per heavy atom. The van der Waals surface area contributed by atoms with Gasteiger partial charge in [-0.2, -0.15) is 9.61 Å². The van der Waals surface area contributed by atoms with Crippen LogP contribution in [0.5, 0.6) is 0 Å². The average Bonchev–Trinajstić information content (AvgIpc) is 2.64.